The van der Waals surface area contributed by atoms with Crippen molar-refractivity contribution in [1.82, 2.24) is 0 Å². The Labute approximate surface area is 190 Å². The van der Waals surface area contributed by atoms with Crippen molar-refractivity contribution < 1.29 is 19.2 Å². The number of hydrogen-bond acceptors (Lipinski definition) is 3. The Balaban J connectivity index is 1.92. The van der Waals surface area contributed by atoms with Crippen LogP contribution in [0, 0.1) is 0 Å². The molecule has 0 unspecified atom stereocenters. The highest BCUT2D eigenvalue weighted by Gasteiger charge is 2.13. The molecule has 0 spiro atoms. The van der Waals surface area contributed by atoms with Gasteiger partial charge in [0, 0.05) is 38.4 Å². The van der Waals surface area contributed by atoms with Crippen LogP contribution < -0.4 is 9.64 Å². The number of nitrogens with zero attached hydrogens (tertiary/aromatic N) is 2. The summed E-state index contributed by atoms with van der Waals surface area (Å²) < 4.78 is 7.79. The lowest BCUT2D eigenvalue weighted by Gasteiger charge is -2.17. The summed E-state index contributed by atoms with van der Waals surface area (Å²) in [5.74, 6) is -0.0619. The van der Waals surface area contributed by atoms with Crippen molar-refractivity contribution >= 4 is 22.9 Å². The van der Waals surface area contributed by atoms with Gasteiger partial charge in [0.1, 0.15) is 19.8 Å². The largest absolute Gasteiger partial charge is 0.494 e. The molecule has 2 aromatic rings. The number of carboxylic acid groups (broad SMARTS) is 1. The van der Waals surface area contributed by atoms with Crippen molar-refractivity contribution in [3.05, 3.63) is 89.5 Å². The number of carbonyl (C=O) groups is 1. The van der Waals surface area contributed by atoms with Crippen LogP contribution in [0.5, 0.6) is 5.75 Å². The molecule has 3 rings (SSSR count). The van der Waals surface area contributed by atoms with Crippen LogP contribution >= 0.6 is 0 Å². The summed E-state index contributed by atoms with van der Waals surface area (Å²) in [7, 11) is 8.15. The van der Waals surface area contributed by atoms with E-state index in [2.05, 4.69) is 70.2 Å². The summed E-state index contributed by atoms with van der Waals surface area (Å²) in [5.41, 5.74) is 6.84. The summed E-state index contributed by atoms with van der Waals surface area (Å²) in [6.07, 6.45) is 9.17. The monoisotopic (exact) mass is 431 g/mol. The van der Waals surface area contributed by atoms with Gasteiger partial charge < -0.3 is 14.7 Å². The molecule has 0 radical (unpaired) electrons. The third kappa shape index (κ3) is 5.97. The van der Waals surface area contributed by atoms with Crippen LogP contribution in [-0.4, -0.2) is 56.2 Å². The molecule has 1 aliphatic carbocycles. The first-order valence-electron chi connectivity index (χ1n) is 10.7. The Bertz CT molecular complexity index is 1050. The van der Waals surface area contributed by atoms with E-state index in [1.54, 1.807) is 0 Å². The van der Waals surface area contributed by atoms with Crippen LogP contribution in [0.1, 0.15) is 24.0 Å². The highest BCUT2D eigenvalue weighted by Crippen LogP contribution is 2.31. The first-order valence-corrected chi connectivity index (χ1v) is 10.7. The Hall–Kier alpha value is -3.60. The number of ether oxygens (including phenoxy) is 1. The van der Waals surface area contributed by atoms with Crippen molar-refractivity contribution in [3.63, 3.8) is 0 Å². The maximum atomic E-state index is 10.7. The van der Waals surface area contributed by atoms with Gasteiger partial charge in [0.15, 0.2) is 5.71 Å². The third-order valence-electron chi connectivity index (χ3n) is 5.29. The zero-order valence-corrected chi connectivity index (χ0v) is 19.2. The second-order valence-corrected chi connectivity index (χ2v) is 8.13. The second-order valence-electron chi connectivity index (χ2n) is 8.13. The molecule has 1 aliphatic rings. The Morgan fingerprint density at radius 2 is 1.47 bits per heavy atom. The molecule has 0 bridgehead atoms. The summed E-state index contributed by atoms with van der Waals surface area (Å²) in [5, 5.41) is 8.76. The van der Waals surface area contributed by atoms with E-state index in [1.807, 2.05) is 40.3 Å². The zero-order valence-electron chi connectivity index (χ0n) is 19.2. The van der Waals surface area contributed by atoms with Crippen molar-refractivity contribution in [2.75, 3.05) is 39.7 Å². The summed E-state index contributed by atoms with van der Waals surface area (Å²) in [6.45, 7) is 0.389. The molecule has 2 aromatic carbocycles. The van der Waals surface area contributed by atoms with Crippen molar-refractivity contribution in [3.8, 4) is 5.75 Å². The van der Waals surface area contributed by atoms with E-state index in [0.717, 1.165) is 39.4 Å². The molecular formula is C27H31N2O3+. The van der Waals surface area contributed by atoms with Gasteiger partial charge in [0.05, 0.1) is 6.61 Å². The van der Waals surface area contributed by atoms with Crippen molar-refractivity contribution in [2.24, 2.45) is 0 Å². The topological polar surface area (TPSA) is 52.8 Å². The Morgan fingerprint density at radius 3 is 1.97 bits per heavy atom. The molecule has 32 heavy (non-hydrogen) atoms. The van der Waals surface area contributed by atoms with Crippen LogP contribution in [0.4, 0.5) is 5.69 Å². The molecule has 0 saturated heterocycles. The predicted molar refractivity (Wildman–Crippen MR) is 131 cm³/mol. The fourth-order valence-electron chi connectivity index (χ4n) is 3.48. The standard InChI is InChI=1S/C27H30N2O3/c1-28(2)23-13-7-20(8-14-23)27(21-9-15-24(16-10-21)29(3)4)22-11-17-25(18-12-22)32-19-5-6-26(30)31/h7-18H,5-6,19H2,1-4H3/p+1. The van der Waals surface area contributed by atoms with Gasteiger partial charge in [-0.2, -0.15) is 0 Å². The first-order chi connectivity index (χ1) is 15.3. The van der Waals surface area contributed by atoms with Crippen molar-refractivity contribution in [2.45, 2.75) is 12.8 Å². The summed E-state index contributed by atoms with van der Waals surface area (Å²) in [4.78, 5) is 12.7. The van der Waals surface area contributed by atoms with E-state index in [9.17, 15) is 4.79 Å². The van der Waals surface area contributed by atoms with Crippen LogP contribution in [-0.2, 0) is 4.79 Å². The summed E-state index contributed by atoms with van der Waals surface area (Å²) >= 11 is 0. The molecule has 0 amide bonds. The molecule has 5 heteroatoms. The maximum Gasteiger partial charge on any atom is 0.303 e. The van der Waals surface area contributed by atoms with E-state index in [0.29, 0.717) is 13.0 Å². The van der Waals surface area contributed by atoms with E-state index < -0.39 is 5.97 Å². The molecule has 0 aliphatic heterocycles. The number of anilines is 1. The third-order valence-corrected chi connectivity index (χ3v) is 5.29. The minimum Gasteiger partial charge on any atom is -0.494 e. The summed E-state index contributed by atoms with van der Waals surface area (Å²) in [6, 6.07) is 16.6. The average Bonchev–Trinajstić information content (AvgIpc) is 2.78. The quantitative estimate of drug-likeness (QED) is 0.489. The van der Waals surface area contributed by atoms with E-state index in [1.165, 1.54) is 0 Å². The van der Waals surface area contributed by atoms with Gasteiger partial charge in [-0.15, -0.1) is 0 Å². The van der Waals surface area contributed by atoms with Crippen LogP contribution in [0.3, 0.4) is 0 Å². The first kappa shape index (κ1) is 23.1. The highest BCUT2D eigenvalue weighted by atomic mass is 16.5. The van der Waals surface area contributed by atoms with E-state index in [4.69, 9.17) is 9.84 Å². The number of aliphatic carboxylic acids is 1. The molecule has 0 atom stereocenters. The van der Waals surface area contributed by atoms with Gasteiger partial charge in [-0.25, -0.2) is 4.58 Å². The lowest BCUT2D eigenvalue weighted by atomic mass is 9.90. The van der Waals surface area contributed by atoms with E-state index >= 15 is 0 Å². The lowest BCUT2D eigenvalue weighted by molar-refractivity contribution is -0.462. The molecule has 0 fully saturated rings. The predicted octanol–water partition coefficient (Wildman–Crippen LogP) is 4.64. The molecule has 1 N–H and O–H groups in total. The minimum atomic E-state index is -0.802. The molecule has 0 saturated carbocycles. The maximum absolute atomic E-state index is 10.7. The zero-order chi connectivity index (χ0) is 23.1. The minimum absolute atomic E-state index is 0.113. The number of benzene rings is 2. The molecule has 166 valence electrons. The smallest absolute Gasteiger partial charge is 0.303 e. The van der Waals surface area contributed by atoms with Gasteiger partial charge in [-0.1, -0.05) is 24.3 Å². The van der Waals surface area contributed by atoms with Crippen LogP contribution in [0.2, 0.25) is 0 Å². The van der Waals surface area contributed by atoms with Crippen LogP contribution in [0.25, 0.3) is 5.57 Å². The normalized spacial score (nSPS) is 12.6. The fraction of sp³-hybridized carbons (Fsp3) is 0.259. The van der Waals surface area contributed by atoms with Gasteiger partial charge in [0.25, 0.3) is 0 Å². The van der Waals surface area contributed by atoms with Gasteiger partial charge >= 0.3 is 5.97 Å². The van der Waals surface area contributed by atoms with Crippen molar-refractivity contribution in [1.29, 1.82) is 0 Å². The number of allylic oxidation sites excluding steroid dienone is 5. The van der Waals surface area contributed by atoms with E-state index in [-0.39, 0.29) is 6.42 Å². The number of carboxylic acids is 1. The average molecular weight is 432 g/mol. The second kappa shape index (κ2) is 10.6. The molecule has 5 nitrogen and oxygen atoms in total. The Kier molecular flexibility index (Phi) is 7.66. The van der Waals surface area contributed by atoms with Gasteiger partial charge in [-0.05, 0) is 65.1 Å². The molecule has 0 aromatic heterocycles. The number of rotatable bonds is 8. The Morgan fingerprint density at radius 1 is 0.906 bits per heavy atom. The highest BCUT2D eigenvalue weighted by molar-refractivity contribution is 6.04. The van der Waals surface area contributed by atoms with Crippen LogP contribution in [0.15, 0.2) is 78.4 Å². The molecular weight excluding hydrogens is 400 g/mol. The van der Waals surface area contributed by atoms with Gasteiger partial charge in [-0.3, -0.25) is 4.79 Å². The lowest BCUT2D eigenvalue weighted by Crippen LogP contribution is -2.10. The number of hydrogen-bond donors (Lipinski definition) is 1. The fourth-order valence-corrected chi connectivity index (χ4v) is 3.48. The molecule has 0 heterocycles. The van der Waals surface area contributed by atoms with Gasteiger partial charge in [0.2, 0.25) is 0 Å². The SMILES string of the molecule is CN(C)c1ccc(C(=C2C=CC(=[N+](C)C)C=C2)c2ccc(OCCCC(=O)O)cc2)cc1.